The highest BCUT2D eigenvalue weighted by molar-refractivity contribution is 5.93. The highest BCUT2D eigenvalue weighted by atomic mass is 16.7. The minimum atomic E-state index is -0.675. The number of hydrogen-bond acceptors (Lipinski definition) is 8. The fraction of sp³-hybridized carbons (Fsp3) is 0.842. The van der Waals surface area contributed by atoms with Gasteiger partial charge in [0.2, 0.25) is 0 Å². The maximum Gasteiger partial charge on any atom is 0.184 e. The van der Waals surface area contributed by atoms with E-state index < -0.39 is 37.2 Å². The molecular formula is C19H30O8. The van der Waals surface area contributed by atoms with Crippen LogP contribution >= 0.6 is 0 Å². The molecule has 3 aliphatic rings. The van der Waals surface area contributed by atoms with Gasteiger partial charge in [-0.3, -0.25) is 4.79 Å². The number of hydrogen-bond donors (Lipinski definition) is 1. The van der Waals surface area contributed by atoms with Crippen molar-refractivity contribution in [2.45, 2.75) is 95.5 Å². The molecule has 9 atom stereocenters. The highest BCUT2D eigenvalue weighted by Crippen LogP contribution is 2.30. The molecule has 0 aromatic heterocycles. The smallest absolute Gasteiger partial charge is 0.184 e. The van der Waals surface area contributed by atoms with Crippen molar-refractivity contribution in [2.75, 3.05) is 7.11 Å². The first-order valence-corrected chi connectivity index (χ1v) is 9.57. The van der Waals surface area contributed by atoms with E-state index in [9.17, 15) is 9.90 Å². The van der Waals surface area contributed by atoms with Gasteiger partial charge >= 0.3 is 0 Å². The Kier molecular flexibility index (Phi) is 7.02. The Morgan fingerprint density at radius 3 is 2.41 bits per heavy atom. The lowest BCUT2D eigenvalue weighted by atomic mass is 10.0. The molecule has 0 unspecified atom stereocenters. The maximum absolute atomic E-state index is 11.5. The summed E-state index contributed by atoms with van der Waals surface area (Å²) in [6.07, 6.45) is 1.11. The minimum Gasteiger partial charge on any atom is -0.390 e. The molecule has 0 aliphatic carbocycles. The van der Waals surface area contributed by atoms with Gasteiger partial charge in [0.15, 0.2) is 24.7 Å². The van der Waals surface area contributed by atoms with Crippen LogP contribution in [0.3, 0.4) is 0 Å². The zero-order valence-electron chi connectivity index (χ0n) is 16.3. The van der Waals surface area contributed by atoms with E-state index in [0.717, 1.165) is 6.42 Å². The summed E-state index contributed by atoms with van der Waals surface area (Å²) in [6.45, 7) is 5.48. The zero-order chi connectivity index (χ0) is 19.6. The van der Waals surface area contributed by atoms with Crippen LogP contribution in [0.4, 0.5) is 0 Å². The van der Waals surface area contributed by atoms with Gasteiger partial charge in [0.05, 0.1) is 24.4 Å². The number of methoxy groups -OCH3 is 1. The fourth-order valence-corrected chi connectivity index (χ4v) is 3.63. The number of aliphatic hydroxyl groups excluding tert-OH is 1. The molecule has 154 valence electrons. The van der Waals surface area contributed by atoms with Crippen molar-refractivity contribution in [3.05, 3.63) is 12.2 Å². The van der Waals surface area contributed by atoms with Gasteiger partial charge in [-0.15, -0.1) is 0 Å². The minimum absolute atomic E-state index is 0.0608. The Morgan fingerprint density at radius 1 is 1.04 bits per heavy atom. The van der Waals surface area contributed by atoms with Crippen LogP contribution in [0.2, 0.25) is 0 Å². The van der Waals surface area contributed by atoms with Crippen molar-refractivity contribution in [1.82, 2.24) is 0 Å². The van der Waals surface area contributed by atoms with E-state index in [1.165, 1.54) is 6.08 Å². The molecule has 3 rings (SSSR count). The van der Waals surface area contributed by atoms with E-state index in [4.69, 9.17) is 28.4 Å². The summed E-state index contributed by atoms with van der Waals surface area (Å²) in [5.74, 6) is -0.0608. The van der Waals surface area contributed by atoms with E-state index >= 15 is 0 Å². The molecule has 0 amide bonds. The zero-order valence-corrected chi connectivity index (χ0v) is 16.3. The molecule has 0 bridgehead atoms. The molecule has 0 saturated carbocycles. The Morgan fingerprint density at radius 2 is 1.78 bits per heavy atom. The predicted molar refractivity (Wildman–Crippen MR) is 93.8 cm³/mol. The average molecular weight is 386 g/mol. The summed E-state index contributed by atoms with van der Waals surface area (Å²) in [4.78, 5) is 11.5. The number of carbonyl (C=O) groups is 1. The van der Waals surface area contributed by atoms with E-state index in [2.05, 4.69) is 0 Å². The van der Waals surface area contributed by atoms with Crippen LogP contribution in [0.25, 0.3) is 0 Å². The maximum atomic E-state index is 11.5. The van der Waals surface area contributed by atoms with Crippen LogP contribution in [0.15, 0.2) is 12.2 Å². The number of ether oxygens (including phenoxy) is 6. The molecule has 8 heteroatoms. The van der Waals surface area contributed by atoms with E-state index in [-0.39, 0.29) is 24.1 Å². The summed E-state index contributed by atoms with van der Waals surface area (Å²) in [7, 11) is 1.55. The topological polar surface area (TPSA) is 92.7 Å². The molecule has 0 aromatic rings. The van der Waals surface area contributed by atoms with Gasteiger partial charge in [0, 0.05) is 20.0 Å². The van der Waals surface area contributed by atoms with Gasteiger partial charge in [-0.1, -0.05) is 0 Å². The van der Waals surface area contributed by atoms with Crippen molar-refractivity contribution in [1.29, 1.82) is 0 Å². The Balaban J connectivity index is 1.48. The highest BCUT2D eigenvalue weighted by Gasteiger charge is 2.40. The summed E-state index contributed by atoms with van der Waals surface area (Å²) in [5, 5.41) is 10.3. The standard InChI is InChI=1S/C19H30O8/c1-10-13(20)5-7-16(23-10)26-15-6-8-17(24-11(15)2)27-19-12(3)25-18(22-4)9-14(19)21/h5,7,10-12,14-19,21H,6,8-9H2,1-4H3/t10-,11-,12+,14+,15-,16-,17-,18-,19+/m0/s1. The van der Waals surface area contributed by atoms with E-state index in [0.29, 0.717) is 12.8 Å². The lowest BCUT2D eigenvalue weighted by molar-refractivity contribution is -0.307. The fourth-order valence-electron chi connectivity index (χ4n) is 3.63. The summed E-state index contributed by atoms with van der Waals surface area (Å²) in [5.41, 5.74) is 0. The van der Waals surface area contributed by atoms with Gasteiger partial charge in [-0.2, -0.15) is 0 Å². The van der Waals surface area contributed by atoms with Crippen LogP contribution in [0, 0.1) is 0 Å². The van der Waals surface area contributed by atoms with Crippen molar-refractivity contribution in [3.63, 3.8) is 0 Å². The van der Waals surface area contributed by atoms with Crippen molar-refractivity contribution < 1.29 is 38.3 Å². The van der Waals surface area contributed by atoms with Crippen LogP contribution < -0.4 is 0 Å². The monoisotopic (exact) mass is 386 g/mol. The Bertz CT molecular complexity index is 526. The van der Waals surface area contributed by atoms with E-state index in [1.54, 1.807) is 20.1 Å². The van der Waals surface area contributed by atoms with Crippen molar-refractivity contribution in [2.24, 2.45) is 0 Å². The molecule has 3 heterocycles. The SMILES string of the molecule is CO[C@@H]1C[C@@H](O)[C@H](O[C@H]2CC[C@H](O[C@H]3C=CC(=O)[C@H](C)O3)[C@H](C)O2)[C@@H](C)O1. The van der Waals surface area contributed by atoms with Gasteiger partial charge in [0.1, 0.15) is 12.2 Å². The molecular weight excluding hydrogens is 356 g/mol. The van der Waals surface area contributed by atoms with E-state index in [1.807, 2.05) is 13.8 Å². The first-order chi connectivity index (χ1) is 12.9. The molecule has 2 saturated heterocycles. The third-order valence-electron chi connectivity index (χ3n) is 5.26. The van der Waals surface area contributed by atoms with Crippen LogP contribution in [0.5, 0.6) is 0 Å². The molecule has 0 aromatic carbocycles. The molecule has 0 radical (unpaired) electrons. The number of carbonyl (C=O) groups excluding carboxylic acids is 1. The predicted octanol–water partition coefficient (Wildman–Crippen LogP) is 1.29. The molecule has 27 heavy (non-hydrogen) atoms. The summed E-state index contributed by atoms with van der Waals surface area (Å²) < 4.78 is 34.3. The van der Waals surface area contributed by atoms with Gasteiger partial charge < -0.3 is 33.5 Å². The van der Waals surface area contributed by atoms with Crippen molar-refractivity contribution >= 4 is 5.78 Å². The van der Waals surface area contributed by atoms with Gasteiger partial charge in [-0.25, -0.2) is 0 Å². The Hall–Kier alpha value is -0.870. The number of ketones is 1. The summed E-state index contributed by atoms with van der Waals surface area (Å²) in [6, 6.07) is 0. The molecule has 0 spiro atoms. The second-order valence-electron chi connectivity index (χ2n) is 7.34. The quantitative estimate of drug-likeness (QED) is 0.756. The first kappa shape index (κ1) is 20.9. The van der Waals surface area contributed by atoms with Crippen LogP contribution in [-0.2, 0) is 33.2 Å². The normalized spacial score (nSPS) is 45.8. The first-order valence-electron chi connectivity index (χ1n) is 9.57. The number of aliphatic hydroxyl groups is 1. The van der Waals surface area contributed by atoms with Crippen molar-refractivity contribution in [3.8, 4) is 0 Å². The largest absolute Gasteiger partial charge is 0.390 e. The molecule has 3 aliphatic heterocycles. The summed E-state index contributed by atoms with van der Waals surface area (Å²) >= 11 is 0. The van der Waals surface area contributed by atoms with Crippen LogP contribution in [-0.4, -0.2) is 73.5 Å². The average Bonchev–Trinajstić information content (AvgIpc) is 2.63. The molecule has 8 nitrogen and oxygen atoms in total. The second kappa shape index (κ2) is 9.09. The third kappa shape index (κ3) is 5.14. The molecule has 1 N–H and O–H groups in total. The molecule has 2 fully saturated rings. The second-order valence-corrected chi connectivity index (χ2v) is 7.34. The number of rotatable bonds is 5. The third-order valence-corrected chi connectivity index (χ3v) is 5.26. The Labute approximate surface area is 159 Å². The lowest BCUT2D eigenvalue weighted by Crippen LogP contribution is -2.52. The lowest BCUT2D eigenvalue weighted by Gasteiger charge is -2.42. The van der Waals surface area contributed by atoms with Gasteiger partial charge in [-0.05, 0) is 39.3 Å². The van der Waals surface area contributed by atoms with Crippen LogP contribution in [0.1, 0.15) is 40.0 Å². The van der Waals surface area contributed by atoms with Gasteiger partial charge in [0.25, 0.3) is 0 Å².